The molecule has 1 unspecified atom stereocenters. The molecule has 212 valence electrons. The predicted molar refractivity (Wildman–Crippen MR) is 139 cm³/mol. The molecule has 0 spiro atoms. The molecule has 0 bridgehead atoms. The first kappa shape index (κ1) is 27.5. The van der Waals surface area contributed by atoms with Crippen LogP contribution in [-0.2, 0) is 13.2 Å². The van der Waals surface area contributed by atoms with E-state index in [0.29, 0.717) is 11.5 Å². The van der Waals surface area contributed by atoms with Gasteiger partial charge in [-0.05, 0) is 51.4 Å². The van der Waals surface area contributed by atoms with Crippen molar-refractivity contribution in [2.24, 2.45) is 7.05 Å². The lowest BCUT2D eigenvalue weighted by Crippen LogP contribution is -2.40. The number of pyridine rings is 2. The Morgan fingerprint density at radius 2 is 1.88 bits per heavy atom. The first-order chi connectivity index (χ1) is 18.8. The fourth-order valence-electron chi connectivity index (χ4n) is 4.98. The molecule has 5 rings (SSSR count). The maximum absolute atomic E-state index is 14.7. The van der Waals surface area contributed by atoms with E-state index < -0.39 is 35.9 Å². The molecule has 1 aliphatic heterocycles. The van der Waals surface area contributed by atoms with Crippen LogP contribution in [0.3, 0.4) is 0 Å². The molecular formula is C26H28F4N8O2. The SMILES string of the molecule is Cc1cc(C(F)(F)F)cc(N2C(=O)N(C[C@@H](O)CN(C)C)CC2c2nc(F)cn2-c2ccc3ccn(C)c3n2)n1. The maximum atomic E-state index is 14.7. The summed E-state index contributed by atoms with van der Waals surface area (Å²) in [7, 11) is 5.33. The van der Waals surface area contributed by atoms with Crippen LogP contribution in [0.5, 0.6) is 0 Å². The Kier molecular flexibility index (Phi) is 7.00. The number of halogens is 4. The van der Waals surface area contributed by atoms with Crippen molar-refractivity contribution in [3.63, 3.8) is 0 Å². The zero-order valence-electron chi connectivity index (χ0n) is 22.3. The van der Waals surface area contributed by atoms with E-state index in [9.17, 15) is 27.5 Å². The average Bonchev–Trinajstić information content (AvgIpc) is 3.52. The Morgan fingerprint density at radius 3 is 2.58 bits per heavy atom. The molecule has 14 heteroatoms. The van der Waals surface area contributed by atoms with E-state index in [1.54, 1.807) is 35.7 Å². The lowest BCUT2D eigenvalue weighted by molar-refractivity contribution is -0.137. The molecule has 5 heterocycles. The van der Waals surface area contributed by atoms with Gasteiger partial charge in [-0.25, -0.2) is 19.7 Å². The topological polar surface area (TPSA) is 95.6 Å². The number of urea groups is 1. The molecule has 0 saturated carbocycles. The maximum Gasteiger partial charge on any atom is 0.416 e. The fourth-order valence-corrected chi connectivity index (χ4v) is 4.98. The van der Waals surface area contributed by atoms with Crippen molar-refractivity contribution in [3.8, 4) is 5.82 Å². The highest BCUT2D eigenvalue weighted by atomic mass is 19.4. The van der Waals surface area contributed by atoms with Crippen LogP contribution in [-0.4, -0.2) is 84.9 Å². The highest BCUT2D eigenvalue weighted by Gasteiger charge is 2.44. The van der Waals surface area contributed by atoms with Crippen molar-refractivity contribution in [1.29, 1.82) is 0 Å². The van der Waals surface area contributed by atoms with Crippen LogP contribution in [0.2, 0.25) is 0 Å². The molecule has 1 N–H and O–H groups in total. The number of aromatic nitrogens is 5. The third-order valence-electron chi connectivity index (χ3n) is 6.65. The number of carbonyl (C=O) groups excluding carboxylic acids is 1. The number of nitrogens with zero attached hydrogens (tertiary/aromatic N) is 8. The Labute approximate surface area is 227 Å². The number of aryl methyl sites for hydroxylation is 2. The largest absolute Gasteiger partial charge is 0.416 e. The summed E-state index contributed by atoms with van der Waals surface area (Å²) in [6.07, 6.45) is -2.67. The first-order valence-corrected chi connectivity index (χ1v) is 12.5. The van der Waals surface area contributed by atoms with Crippen molar-refractivity contribution in [1.82, 2.24) is 33.9 Å². The van der Waals surface area contributed by atoms with Crippen LogP contribution in [0.1, 0.15) is 23.1 Å². The normalized spacial score (nSPS) is 17.1. The number of hydrogen-bond acceptors (Lipinski definition) is 6. The molecule has 4 aromatic rings. The van der Waals surface area contributed by atoms with Gasteiger partial charge in [-0.3, -0.25) is 9.47 Å². The molecule has 0 aliphatic carbocycles. The van der Waals surface area contributed by atoms with E-state index >= 15 is 0 Å². The van der Waals surface area contributed by atoms with Gasteiger partial charge in [0, 0.05) is 37.4 Å². The molecule has 2 atom stereocenters. The van der Waals surface area contributed by atoms with Crippen molar-refractivity contribution in [2.75, 3.05) is 38.6 Å². The van der Waals surface area contributed by atoms with Gasteiger partial charge < -0.3 is 19.5 Å². The number of anilines is 1. The minimum Gasteiger partial charge on any atom is -0.390 e. The third-order valence-corrected chi connectivity index (χ3v) is 6.65. The second-order valence-electron chi connectivity index (χ2n) is 10.1. The second kappa shape index (κ2) is 10.2. The molecule has 2 amide bonds. The molecular weight excluding hydrogens is 532 g/mol. The van der Waals surface area contributed by atoms with E-state index in [4.69, 9.17) is 0 Å². The highest BCUT2D eigenvalue weighted by molar-refractivity contribution is 5.94. The first-order valence-electron chi connectivity index (χ1n) is 12.5. The van der Waals surface area contributed by atoms with Crippen LogP contribution < -0.4 is 4.90 Å². The number of fused-ring (bicyclic) bond motifs is 1. The summed E-state index contributed by atoms with van der Waals surface area (Å²) in [4.78, 5) is 30.7. The van der Waals surface area contributed by atoms with Gasteiger partial charge in [0.15, 0.2) is 0 Å². The Morgan fingerprint density at radius 1 is 1.12 bits per heavy atom. The molecule has 0 aromatic carbocycles. The number of amides is 2. The fraction of sp³-hybridized carbons (Fsp3) is 0.385. The number of aliphatic hydroxyl groups excluding tert-OH is 1. The van der Waals surface area contributed by atoms with Gasteiger partial charge in [0.05, 0.1) is 24.4 Å². The van der Waals surface area contributed by atoms with Crippen LogP contribution >= 0.6 is 0 Å². The summed E-state index contributed by atoms with van der Waals surface area (Å²) in [5.74, 6) is -0.746. The minimum absolute atomic E-state index is 0.0489. The zero-order chi connectivity index (χ0) is 28.9. The van der Waals surface area contributed by atoms with Crippen molar-refractivity contribution >= 4 is 22.9 Å². The van der Waals surface area contributed by atoms with Crippen molar-refractivity contribution < 1.29 is 27.5 Å². The van der Waals surface area contributed by atoms with Crippen molar-refractivity contribution in [2.45, 2.75) is 25.2 Å². The summed E-state index contributed by atoms with van der Waals surface area (Å²) in [5, 5.41) is 11.4. The van der Waals surface area contributed by atoms with Gasteiger partial charge in [-0.1, -0.05) is 0 Å². The Bertz CT molecular complexity index is 1560. The number of hydrogen-bond donors (Lipinski definition) is 1. The average molecular weight is 561 g/mol. The summed E-state index contributed by atoms with van der Waals surface area (Å²) < 4.78 is 59.0. The van der Waals surface area contributed by atoms with Gasteiger partial charge in [-0.2, -0.15) is 17.6 Å². The quantitative estimate of drug-likeness (QED) is 0.348. The number of β-amino-alcohol motifs (C(OH)–C–C–N with tert-alkyl or cyclic N) is 1. The second-order valence-corrected chi connectivity index (χ2v) is 10.1. The van der Waals surface area contributed by atoms with Crippen LogP contribution in [0, 0.1) is 12.9 Å². The smallest absolute Gasteiger partial charge is 0.390 e. The van der Waals surface area contributed by atoms with E-state index in [1.165, 1.54) is 16.4 Å². The standard InChI is InChI=1S/C26H28F4N8O2/c1-15-9-17(26(28,29)30)10-22(31-15)38-19(13-36(25(38)40)12-18(39)11-34(2)3)24-32-20(27)14-37(24)21-6-5-16-7-8-35(4)23(16)33-21/h5-10,14,18-19,39H,11-13H2,1-4H3/t18-,19?/m0/s1. The van der Waals surface area contributed by atoms with Crippen LogP contribution in [0.4, 0.5) is 28.2 Å². The van der Waals surface area contributed by atoms with Gasteiger partial charge in [0.2, 0.25) is 5.95 Å². The molecule has 40 heavy (non-hydrogen) atoms. The number of likely N-dealkylation sites (N-methyl/N-ethyl adjacent to an activating group) is 1. The lowest BCUT2D eigenvalue weighted by Gasteiger charge is -2.24. The highest BCUT2D eigenvalue weighted by Crippen LogP contribution is 2.38. The van der Waals surface area contributed by atoms with E-state index in [2.05, 4.69) is 15.0 Å². The van der Waals surface area contributed by atoms with Gasteiger partial charge in [0.25, 0.3) is 0 Å². The summed E-state index contributed by atoms with van der Waals surface area (Å²) in [5.41, 5.74) is -0.300. The van der Waals surface area contributed by atoms with E-state index in [-0.39, 0.29) is 37.0 Å². The number of imidazole rings is 1. The number of carbonyl (C=O) groups is 1. The third kappa shape index (κ3) is 5.23. The zero-order valence-corrected chi connectivity index (χ0v) is 22.3. The van der Waals surface area contributed by atoms with Crippen LogP contribution in [0.15, 0.2) is 42.7 Å². The minimum atomic E-state index is -4.68. The number of rotatable bonds is 7. The summed E-state index contributed by atoms with van der Waals surface area (Å²) in [6.45, 7) is 1.47. The molecule has 1 aliphatic rings. The molecule has 1 fully saturated rings. The molecule has 0 radical (unpaired) electrons. The molecule has 1 saturated heterocycles. The van der Waals surface area contributed by atoms with Crippen molar-refractivity contribution in [3.05, 3.63) is 65.8 Å². The van der Waals surface area contributed by atoms with E-state index in [0.717, 1.165) is 28.6 Å². The van der Waals surface area contributed by atoms with Gasteiger partial charge in [-0.15, -0.1) is 0 Å². The van der Waals surface area contributed by atoms with E-state index in [1.807, 2.05) is 19.3 Å². The van der Waals surface area contributed by atoms with Gasteiger partial charge in [0.1, 0.15) is 29.1 Å². The number of aliphatic hydroxyl groups is 1. The predicted octanol–water partition coefficient (Wildman–Crippen LogP) is 3.53. The lowest BCUT2D eigenvalue weighted by atomic mass is 10.2. The monoisotopic (exact) mass is 560 g/mol. The van der Waals surface area contributed by atoms with Crippen LogP contribution in [0.25, 0.3) is 16.9 Å². The molecule has 4 aromatic heterocycles. The Balaban J connectivity index is 1.62. The summed E-state index contributed by atoms with van der Waals surface area (Å²) in [6, 6.07) is 5.29. The van der Waals surface area contributed by atoms with Gasteiger partial charge >= 0.3 is 12.2 Å². The Hall–Kier alpha value is -4.04. The number of alkyl halides is 3. The molecule has 10 nitrogen and oxygen atoms in total. The summed E-state index contributed by atoms with van der Waals surface area (Å²) >= 11 is 0.